The highest BCUT2D eigenvalue weighted by Crippen LogP contribution is 2.28. The first-order chi connectivity index (χ1) is 12.4. The molecule has 0 saturated carbocycles. The summed E-state index contributed by atoms with van der Waals surface area (Å²) in [7, 11) is 5.12. The Morgan fingerprint density at radius 3 is 2.54 bits per heavy atom. The van der Waals surface area contributed by atoms with Crippen LogP contribution in [0.1, 0.15) is 16.7 Å². The number of aryl methyl sites for hydroxylation is 3. The Morgan fingerprint density at radius 1 is 1.12 bits per heavy atom. The van der Waals surface area contributed by atoms with Crippen LogP contribution in [0.2, 0.25) is 0 Å². The molecule has 0 unspecified atom stereocenters. The number of rotatable bonds is 4. The van der Waals surface area contributed by atoms with E-state index in [4.69, 9.17) is 9.47 Å². The van der Waals surface area contributed by atoms with Crippen LogP contribution in [0.25, 0.3) is 10.2 Å². The molecule has 136 valence electrons. The van der Waals surface area contributed by atoms with Crippen LogP contribution < -0.4 is 14.3 Å². The Hall–Kier alpha value is -2.60. The molecule has 3 rings (SSSR count). The van der Waals surface area contributed by atoms with Crippen LogP contribution in [-0.4, -0.2) is 24.7 Å². The summed E-state index contributed by atoms with van der Waals surface area (Å²) < 4.78 is 13.6. The summed E-state index contributed by atoms with van der Waals surface area (Å²) in [5.41, 5.74) is 4.42. The molecule has 0 aliphatic rings. The van der Waals surface area contributed by atoms with Gasteiger partial charge in [-0.3, -0.25) is 4.79 Å². The van der Waals surface area contributed by atoms with Crippen LogP contribution in [0, 0.1) is 13.8 Å². The molecule has 26 heavy (non-hydrogen) atoms. The fourth-order valence-corrected chi connectivity index (χ4v) is 4.04. The normalized spacial score (nSPS) is 11.8. The summed E-state index contributed by atoms with van der Waals surface area (Å²) in [5, 5.41) is 0. The zero-order valence-corrected chi connectivity index (χ0v) is 16.4. The first-order valence-electron chi connectivity index (χ1n) is 8.28. The molecule has 6 heteroatoms. The van der Waals surface area contributed by atoms with Crippen molar-refractivity contribution < 1.29 is 14.3 Å². The number of thiazole rings is 1. The van der Waals surface area contributed by atoms with Gasteiger partial charge < -0.3 is 14.0 Å². The zero-order valence-electron chi connectivity index (χ0n) is 15.6. The molecule has 0 N–H and O–H groups in total. The minimum atomic E-state index is -0.186. The Balaban J connectivity index is 1.93. The maximum atomic E-state index is 12.5. The second-order valence-corrected chi connectivity index (χ2v) is 7.18. The highest BCUT2D eigenvalue weighted by Gasteiger charge is 2.11. The van der Waals surface area contributed by atoms with Crippen LogP contribution in [0.5, 0.6) is 11.5 Å². The second kappa shape index (κ2) is 7.33. The van der Waals surface area contributed by atoms with Crippen molar-refractivity contribution in [3.05, 3.63) is 51.8 Å². The minimum absolute atomic E-state index is 0.186. The van der Waals surface area contributed by atoms with E-state index in [0.717, 1.165) is 15.8 Å². The number of fused-ring (bicyclic) bond motifs is 1. The number of hydrogen-bond acceptors (Lipinski definition) is 4. The Kier molecular flexibility index (Phi) is 5.13. The lowest BCUT2D eigenvalue weighted by Crippen LogP contribution is -2.14. The van der Waals surface area contributed by atoms with E-state index >= 15 is 0 Å². The van der Waals surface area contributed by atoms with Crippen molar-refractivity contribution >= 4 is 27.5 Å². The first-order valence-corrected chi connectivity index (χ1v) is 9.10. The molecule has 1 aromatic heterocycles. The average Bonchev–Trinajstić information content (AvgIpc) is 2.94. The van der Waals surface area contributed by atoms with Gasteiger partial charge in [0, 0.05) is 7.05 Å². The highest BCUT2D eigenvalue weighted by atomic mass is 32.1. The summed E-state index contributed by atoms with van der Waals surface area (Å²) in [6.45, 7) is 4.19. The molecule has 3 aromatic rings. The minimum Gasteiger partial charge on any atom is -0.493 e. The lowest BCUT2D eigenvalue weighted by molar-refractivity contribution is -0.117. The van der Waals surface area contributed by atoms with Gasteiger partial charge in [0.2, 0.25) is 0 Å². The van der Waals surface area contributed by atoms with E-state index in [2.05, 4.69) is 31.0 Å². The lowest BCUT2D eigenvalue weighted by atomic mass is 10.1. The van der Waals surface area contributed by atoms with Crippen molar-refractivity contribution in [2.24, 2.45) is 12.0 Å². The fraction of sp³-hybridized carbons (Fsp3) is 0.300. The van der Waals surface area contributed by atoms with Crippen molar-refractivity contribution in [1.29, 1.82) is 0 Å². The number of nitrogens with zero attached hydrogens (tertiary/aromatic N) is 2. The van der Waals surface area contributed by atoms with Crippen LogP contribution in [0.3, 0.4) is 0 Å². The molecule has 0 saturated heterocycles. The largest absolute Gasteiger partial charge is 0.493 e. The third-order valence-corrected chi connectivity index (χ3v) is 5.61. The summed E-state index contributed by atoms with van der Waals surface area (Å²) in [5.74, 6) is 1.06. The van der Waals surface area contributed by atoms with Gasteiger partial charge in [0.15, 0.2) is 16.3 Å². The van der Waals surface area contributed by atoms with Crippen molar-refractivity contribution in [3.63, 3.8) is 0 Å². The van der Waals surface area contributed by atoms with Gasteiger partial charge >= 0.3 is 0 Å². The monoisotopic (exact) mass is 370 g/mol. The van der Waals surface area contributed by atoms with Gasteiger partial charge in [-0.05, 0) is 48.7 Å². The van der Waals surface area contributed by atoms with Gasteiger partial charge in [-0.15, -0.1) is 0 Å². The van der Waals surface area contributed by atoms with E-state index in [1.807, 2.05) is 23.7 Å². The smallest absolute Gasteiger partial charge is 0.252 e. The number of amides is 1. The molecule has 0 fully saturated rings. The van der Waals surface area contributed by atoms with Gasteiger partial charge in [0.25, 0.3) is 5.91 Å². The average molecular weight is 370 g/mol. The maximum Gasteiger partial charge on any atom is 0.252 e. The van der Waals surface area contributed by atoms with E-state index in [9.17, 15) is 4.79 Å². The quantitative estimate of drug-likeness (QED) is 0.706. The van der Waals surface area contributed by atoms with Gasteiger partial charge in [-0.25, -0.2) is 0 Å². The van der Waals surface area contributed by atoms with E-state index < -0.39 is 0 Å². The van der Waals surface area contributed by atoms with Crippen LogP contribution >= 0.6 is 11.3 Å². The molecule has 0 bridgehead atoms. The molecule has 2 aromatic carbocycles. The Bertz CT molecular complexity index is 1050. The summed E-state index contributed by atoms with van der Waals surface area (Å²) >= 11 is 1.53. The van der Waals surface area contributed by atoms with E-state index in [1.165, 1.54) is 22.5 Å². The molecular weight excluding hydrogens is 348 g/mol. The number of benzene rings is 2. The predicted molar refractivity (Wildman–Crippen MR) is 104 cm³/mol. The molecule has 0 atom stereocenters. The van der Waals surface area contributed by atoms with Gasteiger partial charge in [0.05, 0.1) is 30.9 Å². The summed E-state index contributed by atoms with van der Waals surface area (Å²) in [6, 6.07) is 9.65. The van der Waals surface area contributed by atoms with Crippen molar-refractivity contribution in [3.8, 4) is 11.5 Å². The lowest BCUT2D eigenvalue weighted by Gasteiger charge is -2.08. The molecule has 1 amide bonds. The second-order valence-electron chi connectivity index (χ2n) is 6.17. The zero-order chi connectivity index (χ0) is 18.8. The Morgan fingerprint density at radius 2 is 1.85 bits per heavy atom. The van der Waals surface area contributed by atoms with Crippen molar-refractivity contribution in [2.45, 2.75) is 20.3 Å². The van der Waals surface area contributed by atoms with Crippen LogP contribution in [0.15, 0.2) is 35.3 Å². The third kappa shape index (κ3) is 3.37. The number of carbonyl (C=O) groups excluding carboxylic acids is 1. The molecule has 0 aliphatic carbocycles. The molecule has 5 nitrogen and oxygen atoms in total. The fourth-order valence-electron chi connectivity index (χ4n) is 2.95. The number of ether oxygens (including phenoxy) is 2. The van der Waals surface area contributed by atoms with Crippen molar-refractivity contribution in [1.82, 2.24) is 4.57 Å². The summed E-state index contributed by atoms with van der Waals surface area (Å²) in [6.07, 6.45) is 0.215. The molecule has 0 radical (unpaired) electrons. The third-order valence-electron chi connectivity index (χ3n) is 4.51. The SMILES string of the molecule is COc1ccc(CC(=O)N=c2sc3ccc(C)c(C)c3n2C)cc1OC. The van der Waals surface area contributed by atoms with Gasteiger partial charge in [-0.1, -0.05) is 23.5 Å². The van der Waals surface area contributed by atoms with Gasteiger partial charge in [0.1, 0.15) is 0 Å². The van der Waals surface area contributed by atoms with Gasteiger partial charge in [-0.2, -0.15) is 4.99 Å². The molecule has 0 aliphatic heterocycles. The number of hydrogen-bond donors (Lipinski definition) is 0. The molecule has 0 spiro atoms. The molecule has 1 heterocycles. The van der Waals surface area contributed by atoms with E-state index in [1.54, 1.807) is 20.3 Å². The number of aromatic nitrogens is 1. The predicted octanol–water partition coefficient (Wildman–Crippen LogP) is 3.54. The number of carbonyl (C=O) groups is 1. The highest BCUT2D eigenvalue weighted by molar-refractivity contribution is 7.16. The maximum absolute atomic E-state index is 12.5. The van der Waals surface area contributed by atoms with Crippen molar-refractivity contribution in [2.75, 3.05) is 14.2 Å². The first kappa shape index (κ1) is 18.2. The topological polar surface area (TPSA) is 52.8 Å². The summed E-state index contributed by atoms with van der Waals surface area (Å²) in [4.78, 5) is 17.5. The Labute approximate surface area is 156 Å². The van der Waals surface area contributed by atoms with Crippen LogP contribution in [-0.2, 0) is 18.3 Å². The van der Waals surface area contributed by atoms with E-state index in [-0.39, 0.29) is 12.3 Å². The van der Waals surface area contributed by atoms with E-state index in [0.29, 0.717) is 16.3 Å². The standard InChI is InChI=1S/C20H22N2O3S/c1-12-6-9-17-19(13(12)2)22(3)20(26-17)21-18(23)11-14-7-8-15(24-4)16(10-14)25-5/h6-10H,11H2,1-5H3. The molecular formula is C20H22N2O3S. The number of methoxy groups -OCH3 is 2. The van der Waals surface area contributed by atoms with Crippen LogP contribution in [0.4, 0.5) is 0 Å².